The van der Waals surface area contributed by atoms with Crippen molar-refractivity contribution in [3.8, 4) is 0 Å². The van der Waals surface area contributed by atoms with Gasteiger partial charge in [-0.3, -0.25) is 9.59 Å². The summed E-state index contributed by atoms with van der Waals surface area (Å²) in [5.41, 5.74) is 5.47. The van der Waals surface area contributed by atoms with E-state index >= 15 is 0 Å². The Labute approximate surface area is 104 Å². The van der Waals surface area contributed by atoms with Crippen LogP contribution in [-0.4, -0.2) is 24.4 Å². The molecule has 1 saturated heterocycles. The zero-order chi connectivity index (χ0) is 13.1. The Morgan fingerprint density at radius 3 is 2.94 bits per heavy atom. The zero-order valence-electron chi connectivity index (χ0n) is 9.70. The molecule has 2 rings (SSSR count). The van der Waals surface area contributed by atoms with Gasteiger partial charge in [-0.1, -0.05) is 0 Å². The first kappa shape index (κ1) is 12.3. The van der Waals surface area contributed by atoms with E-state index in [2.05, 4.69) is 10.6 Å². The molecule has 1 fully saturated rings. The normalized spacial score (nSPS) is 19.2. The Kier molecular flexibility index (Phi) is 3.45. The quantitative estimate of drug-likeness (QED) is 0.666. The number of piperidine rings is 1. The Hall–Kier alpha value is -2.11. The lowest BCUT2D eigenvalue weighted by atomic mass is 10.1. The Morgan fingerprint density at radius 2 is 2.28 bits per heavy atom. The molecule has 1 aliphatic heterocycles. The fourth-order valence-corrected chi connectivity index (χ4v) is 1.82. The summed E-state index contributed by atoms with van der Waals surface area (Å²) in [6.45, 7) is 0.627. The summed E-state index contributed by atoms with van der Waals surface area (Å²) in [6, 6.07) is 3.26. The standard InChI is InChI=1S/C12H14FN3O2/c13-8-6-7(3-4-9(8)14)11(17)16-10-2-1-5-15-12(10)18/h3-4,6,10H,1-2,5,14H2,(H,15,18)(H,16,17). The first-order chi connectivity index (χ1) is 8.58. The minimum atomic E-state index is -0.643. The van der Waals surface area contributed by atoms with Gasteiger partial charge in [0.2, 0.25) is 5.91 Å². The first-order valence-corrected chi connectivity index (χ1v) is 5.71. The van der Waals surface area contributed by atoms with Gasteiger partial charge in [0.1, 0.15) is 11.9 Å². The molecule has 0 radical (unpaired) electrons. The van der Waals surface area contributed by atoms with Crippen molar-refractivity contribution in [1.82, 2.24) is 10.6 Å². The number of anilines is 1. The second-order valence-corrected chi connectivity index (χ2v) is 4.20. The van der Waals surface area contributed by atoms with Crippen LogP contribution in [0.15, 0.2) is 18.2 Å². The van der Waals surface area contributed by atoms with Crippen molar-refractivity contribution >= 4 is 17.5 Å². The van der Waals surface area contributed by atoms with Crippen LogP contribution in [0.25, 0.3) is 0 Å². The number of carbonyl (C=O) groups excluding carboxylic acids is 2. The third-order valence-corrected chi connectivity index (χ3v) is 2.85. The molecule has 5 nitrogen and oxygen atoms in total. The lowest BCUT2D eigenvalue weighted by molar-refractivity contribution is -0.124. The molecule has 1 aromatic carbocycles. The van der Waals surface area contributed by atoms with Gasteiger partial charge in [-0.25, -0.2) is 4.39 Å². The maximum atomic E-state index is 13.2. The highest BCUT2D eigenvalue weighted by Crippen LogP contribution is 2.12. The summed E-state index contributed by atoms with van der Waals surface area (Å²) < 4.78 is 13.2. The SMILES string of the molecule is Nc1ccc(C(=O)NC2CCCNC2=O)cc1F. The van der Waals surface area contributed by atoms with Gasteiger partial charge < -0.3 is 16.4 Å². The summed E-state index contributed by atoms with van der Waals surface area (Å²) in [7, 11) is 0. The summed E-state index contributed by atoms with van der Waals surface area (Å²) in [4.78, 5) is 23.3. The summed E-state index contributed by atoms with van der Waals surface area (Å²) in [5, 5.41) is 5.23. The number of nitrogens with two attached hydrogens (primary N) is 1. The van der Waals surface area contributed by atoms with Gasteiger partial charge in [0.25, 0.3) is 5.91 Å². The molecule has 0 aromatic heterocycles. The Balaban J connectivity index is 2.07. The van der Waals surface area contributed by atoms with Crippen LogP contribution in [0.3, 0.4) is 0 Å². The average molecular weight is 251 g/mol. The van der Waals surface area contributed by atoms with Gasteiger partial charge >= 0.3 is 0 Å². The highest BCUT2D eigenvalue weighted by molar-refractivity contribution is 5.97. The predicted molar refractivity (Wildman–Crippen MR) is 64.3 cm³/mol. The van der Waals surface area contributed by atoms with Crippen molar-refractivity contribution in [1.29, 1.82) is 0 Å². The maximum absolute atomic E-state index is 13.2. The van der Waals surface area contributed by atoms with E-state index in [1.807, 2.05) is 0 Å². The molecule has 1 atom stereocenters. The first-order valence-electron chi connectivity index (χ1n) is 5.71. The predicted octanol–water partition coefficient (Wildman–Crippen LogP) is 0.416. The topological polar surface area (TPSA) is 84.2 Å². The third kappa shape index (κ3) is 2.58. The lowest BCUT2D eigenvalue weighted by Gasteiger charge is -2.22. The molecule has 1 aliphatic rings. The van der Waals surface area contributed by atoms with Gasteiger partial charge in [-0.2, -0.15) is 0 Å². The average Bonchev–Trinajstić information content (AvgIpc) is 2.35. The molecule has 1 aromatic rings. The van der Waals surface area contributed by atoms with Gasteiger partial charge in [-0.15, -0.1) is 0 Å². The highest BCUT2D eigenvalue weighted by Gasteiger charge is 2.24. The van der Waals surface area contributed by atoms with Crippen molar-refractivity contribution in [3.63, 3.8) is 0 Å². The van der Waals surface area contributed by atoms with E-state index in [9.17, 15) is 14.0 Å². The number of hydrogen-bond acceptors (Lipinski definition) is 3. The monoisotopic (exact) mass is 251 g/mol. The van der Waals surface area contributed by atoms with Crippen molar-refractivity contribution in [2.45, 2.75) is 18.9 Å². The molecule has 96 valence electrons. The second-order valence-electron chi connectivity index (χ2n) is 4.20. The summed E-state index contributed by atoms with van der Waals surface area (Å²) in [5.74, 6) is -1.32. The van der Waals surface area contributed by atoms with E-state index in [1.165, 1.54) is 12.1 Å². The number of nitrogen functional groups attached to an aromatic ring is 1. The van der Waals surface area contributed by atoms with E-state index in [1.54, 1.807) is 0 Å². The molecule has 18 heavy (non-hydrogen) atoms. The fraction of sp³-hybridized carbons (Fsp3) is 0.333. The zero-order valence-corrected chi connectivity index (χ0v) is 9.70. The molecular formula is C12H14FN3O2. The number of hydrogen-bond donors (Lipinski definition) is 3. The molecule has 0 spiro atoms. The van der Waals surface area contributed by atoms with Gasteiger partial charge in [0, 0.05) is 12.1 Å². The third-order valence-electron chi connectivity index (χ3n) is 2.85. The van der Waals surface area contributed by atoms with E-state index in [0.717, 1.165) is 12.5 Å². The molecular weight excluding hydrogens is 237 g/mol. The molecule has 0 saturated carbocycles. The highest BCUT2D eigenvalue weighted by atomic mass is 19.1. The number of rotatable bonds is 2. The molecule has 0 bridgehead atoms. The van der Waals surface area contributed by atoms with Gasteiger partial charge in [-0.05, 0) is 31.0 Å². The van der Waals surface area contributed by atoms with Crippen LogP contribution in [0.4, 0.5) is 10.1 Å². The van der Waals surface area contributed by atoms with Crippen molar-refractivity contribution in [3.05, 3.63) is 29.6 Å². The number of amides is 2. The number of nitrogens with one attached hydrogen (secondary N) is 2. The van der Waals surface area contributed by atoms with Crippen LogP contribution in [0.5, 0.6) is 0 Å². The van der Waals surface area contributed by atoms with Crippen LogP contribution in [0, 0.1) is 5.82 Å². The van der Waals surface area contributed by atoms with Crippen LogP contribution in [-0.2, 0) is 4.79 Å². The largest absolute Gasteiger partial charge is 0.396 e. The van der Waals surface area contributed by atoms with Crippen molar-refractivity contribution in [2.75, 3.05) is 12.3 Å². The van der Waals surface area contributed by atoms with Crippen LogP contribution in [0.2, 0.25) is 0 Å². The molecule has 2 amide bonds. The Bertz CT molecular complexity index is 490. The molecule has 6 heteroatoms. The van der Waals surface area contributed by atoms with E-state index in [4.69, 9.17) is 5.73 Å². The van der Waals surface area contributed by atoms with Crippen LogP contribution >= 0.6 is 0 Å². The number of carbonyl (C=O) groups is 2. The summed E-state index contributed by atoms with van der Waals surface area (Å²) >= 11 is 0. The summed E-state index contributed by atoms with van der Waals surface area (Å²) in [6.07, 6.45) is 1.40. The lowest BCUT2D eigenvalue weighted by Crippen LogP contribution is -2.50. The molecule has 1 heterocycles. The van der Waals surface area contributed by atoms with Crippen LogP contribution < -0.4 is 16.4 Å². The van der Waals surface area contributed by atoms with Crippen LogP contribution in [0.1, 0.15) is 23.2 Å². The molecule has 0 aliphatic carbocycles. The molecule has 4 N–H and O–H groups in total. The van der Waals surface area contributed by atoms with E-state index in [-0.39, 0.29) is 17.2 Å². The Morgan fingerprint density at radius 1 is 1.50 bits per heavy atom. The van der Waals surface area contributed by atoms with E-state index < -0.39 is 17.8 Å². The second kappa shape index (κ2) is 5.03. The number of halogens is 1. The van der Waals surface area contributed by atoms with Gasteiger partial charge in [0.05, 0.1) is 5.69 Å². The van der Waals surface area contributed by atoms with Gasteiger partial charge in [0.15, 0.2) is 0 Å². The minimum absolute atomic E-state index is 0.0121. The van der Waals surface area contributed by atoms with E-state index in [0.29, 0.717) is 13.0 Å². The van der Waals surface area contributed by atoms with Crippen molar-refractivity contribution in [2.24, 2.45) is 0 Å². The molecule has 1 unspecified atom stereocenters. The minimum Gasteiger partial charge on any atom is -0.396 e. The maximum Gasteiger partial charge on any atom is 0.252 e. The fourth-order valence-electron chi connectivity index (χ4n) is 1.82. The van der Waals surface area contributed by atoms with Crippen molar-refractivity contribution < 1.29 is 14.0 Å². The smallest absolute Gasteiger partial charge is 0.252 e. The number of benzene rings is 1.